The summed E-state index contributed by atoms with van der Waals surface area (Å²) in [5.41, 5.74) is 0. The van der Waals surface area contributed by atoms with Crippen LogP contribution in [0.4, 0.5) is 0 Å². The molecule has 2 aliphatic rings. The fourth-order valence-electron chi connectivity index (χ4n) is 3.53. The average molecular weight is 298 g/mol. The van der Waals surface area contributed by atoms with Crippen LogP contribution in [0, 0.1) is 5.92 Å². The van der Waals surface area contributed by atoms with Crippen LogP contribution in [0.5, 0.6) is 0 Å². The molecule has 1 saturated heterocycles. The van der Waals surface area contributed by atoms with E-state index >= 15 is 0 Å². The lowest BCUT2D eigenvalue weighted by atomic mass is 9.84. The van der Waals surface area contributed by atoms with E-state index in [0.29, 0.717) is 12.3 Å². The highest BCUT2D eigenvalue weighted by atomic mass is 35.5. The molecule has 0 aromatic carbocycles. The van der Waals surface area contributed by atoms with E-state index < -0.39 is 12.0 Å². The van der Waals surface area contributed by atoms with Gasteiger partial charge in [-0.3, -0.25) is 4.79 Å². The van der Waals surface area contributed by atoms with Crippen molar-refractivity contribution in [1.82, 2.24) is 4.90 Å². The molecule has 0 unspecified atom stereocenters. The third-order valence-electron chi connectivity index (χ3n) is 4.39. The van der Waals surface area contributed by atoms with E-state index in [1.165, 1.54) is 17.0 Å². The number of carbonyl (C=O) groups excluding carboxylic acids is 1. The fraction of sp³-hybridized carbons (Fsp3) is 0.571. The topological polar surface area (TPSA) is 70.8 Å². The maximum Gasteiger partial charge on any atom is 0.326 e. The number of hydrogen-bond donors (Lipinski definition) is 1. The van der Waals surface area contributed by atoms with E-state index in [2.05, 4.69) is 0 Å². The number of rotatable bonds is 2. The van der Waals surface area contributed by atoms with Crippen molar-refractivity contribution in [2.75, 3.05) is 0 Å². The van der Waals surface area contributed by atoms with E-state index in [0.717, 1.165) is 25.7 Å². The maximum atomic E-state index is 12.5. The maximum absolute atomic E-state index is 12.5. The highest BCUT2D eigenvalue weighted by Gasteiger charge is 2.48. The SMILES string of the molecule is O=C(O)[C@@H]1C[C@H]2CCCC[C@H]2N1C(=O)c1ccc(Cl)o1. The molecule has 1 aliphatic carbocycles. The highest BCUT2D eigenvalue weighted by molar-refractivity contribution is 6.29. The van der Waals surface area contributed by atoms with Gasteiger partial charge in [-0.25, -0.2) is 4.79 Å². The minimum Gasteiger partial charge on any atom is -0.480 e. The molecule has 1 amide bonds. The van der Waals surface area contributed by atoms with Gasteiger partial charge in [0.2, 0.25) is 0 Å². The number of amides is 1. The van der Waals surface area contributed by atoms with Gasteiger partial charge in [-0.05, 0) is 48.9 Å². The van der Waals surface area contributed by atoms with Crippen LogP contribution in [0.2, 0.25) is 5.22 Å². The minimum atomic E-state index is -0.939. The van der Waals surface area contributed by atoms with Gasteiger partial charge in [0.25, 0.3) is 5.91 Å². The van der Waals surface area contributed by atoms with E-state index in [9.17, 15) is 14.7 Å². The first kappa shape index (κ1) is 13.5. The first-order chi connectivity index (χ1) is 9.58. The van der Waals surface area contributed by atoms with Gasteiger partial charge in [0.05, 0.1) is 0 Å². The van der Waals surface area contributed by atoms with E-state index in [1.54, 1.807) is 0 Å². The van der Waals surface area contributed by atoms with Crippen molar-refractivity contribution in [1.29, 1.82) is 0 Å². The van der Waals surface area contributed by atoms with Crippen molar-refractivity contribution < 1.29 is 19.1 Å². The van der Waals surface area contributed by atoms with Crippen molar-refractivity contribution in [2.24, 2.45) is 5.92 Å². The molecule has 1 N–H and O–H groups in total. The number of carboxylic acids is 1. The Bertz CT molecular complexity index is 541. The second kappa shape index (κ2) is 5.13. The summed E-state index contributed by atoms with van der Waals surface area (Å²) in [5.74, 6) is -0.893. The summed E-state index contributed by atoms with van der Waals surface area (Å²) < 4.78 is 5.15. The highest BCUT2D eigenvalue weighted by Crippen LogP contribution is 2.40. The Balaban J connectivity index is 1.90. The molecular weight excluding hydrogens is 282 g/mol. The van der Waals surface area contributed by atoms with Gasteiger partial charge in [0.1, 0.15) is 6.04 Å². The van der Waals surface area contributed by atoms with Crippen LogP contribution >= 0.6 is 11.6 Å². The zero-order chi connectivity index (χ0) is 14.3. The molecule has 1 aromatic rings. The van der Waals surface area contributed by atoms with Crippen LogP contribution < -0.4 is 0 Å². The summed E-state index contributed by atoms with van der Waals surface area (Å²) in [7, 11) is 0. The number of furan rings is 1. The van der Waals surface area contributed by atoms with Crippen LogP contribution in [-0.2, 0) is 4.79 Å². The number of halogens is 1. The van der Waals surface area contributed by atoms with Crippen LogP contribution in [0.3, 0.4) is 0 Å². The normalized spacial score (nSPS) is 29.2. The van der Waals surface area contributed by atoms with E-state index in [1.807, 2.05) is 0 Å². The lowest BCUT2D eigenvalue weighted by molar-refractivity contribution is -0.141. The molecule has 3 atom stereocenters. The second-order valence-electron chi connectivity index (χ2n) is 5.52. The molecule has 1 saturated carbocycles. The van der Waals surface area contributed by atoms with Gasteiger partial charge in [0, 0.05) is 6.04 Å². The van der Waals surface area contributed by atoms with Crippen molar-refractivity contribution in [3.05, 3.63) is 23.1 Å². The molecule has 2 fully saturated rings. The van der Waals surface area contributed by atoms with Crippen LogP contribution in [-0.4, -0.2) is 34.0 Å². The molecule has 108 valence electrons. The van der Waals surface area contributed by atoms with Crippen LogP contribution in [0.25, 0.3) is 0 Å². The summed E-state index contributed by atoms with van der Waals surface area (Å²) in [6.45, 7) is 0. The summed E-state index contributed by atoms with van der Waals surface area (Å²) in [5, 5.41) is 9.52. The largest absolute Gasteiger partial charge is 0.480 e. The third kappa shape index (κ3) is 2.20. The Morgan fingerprint density at radius 1 is 1.30 bits per heavy atom. The number of carboxylic acid groups (broad SMARTS) is 1. The Labute approximate surface area is 121 Å². The van der Waals surface area contributed by atoms with Crippen molar-refractivity contribution in [3.63, 3.8) is 0 Å². The summed E-state index contributed by atoms with van der Waals surface area (Å²) in [4.78, 5) is 25.5. The first-order valence-electron chi connectivity index (χ1n) is 6.88. The quantitative estimate of drug-likeness (QED) is 0.911. The monoisotopic (exact) mass is 297 g/mol. The lowest BCUT2D eigenvalue weighted by Gasteiger charge is -2.32. The molecule has 20 heavy (non-hydrogen) atoms. The molecule has 0 spiro atoms. The Morgan fingerprint density at radius 3 is 2.70 bits per heavy atom. The van der Waals surface area contributed by atoms with Crippen LogP contribution in [0.15, 0.2) is 16.5 Å². The van der Waals surface area contributed by atoms with Gasteiger partial charge >= 0.3 is 5.97 Å². The second-order valence-corrected chi connectivity index (χ2v) is 5.89. The number of likely N-dealkylation sites (tertiary alicyclic amines) is 1. The smallest absolute Gasteiger partial charge is 0.326 e. The molecule has 0 radical (unpaired) electrons. The molecule has 3 rings (SSSR count). The summed E-state index contributed by atoms with van der Waals surface area (Å²) in [6.07, 6.45) is 4.56. The van der Waals surface area contributed by atoms with Gasteiger partial charge in [-0.2, -0.15) is 0 Å². The number of carbonyl (C=O) groups is 2. The number of fused-ring (bicyclic) bond motifs is 1. The Hall–Kier alpha value is -1.49. The first-order valence-corrected chi connectivity index (χ1v) is 7.26. The Kier molecular flexibility index (Phi) is 3.46. The Morgan fingerprint density at radius 2 is 2.05 bits per heavy atom. The lowest BCUT2D eigenvalue weighted by Crippen LogP contribution is -2.46. The van der Waals surface area contributed by atoms with Crippen molar-refractivity contribution in [2.45, 2.75) is 44.2 Å². The molecule has 0 bridgehead atoms. The molecule has 5 nitrogen and oxygen atoms in total. The number of aliphatic carboxylic acids is 1. The van der Waals surface area contributed by atoms with E-state index in [-0.39, 0.29) is 22.9 Å². The van der Waals surface area contributed by atoms with Crippen LogP contribution in [0.1, 0.15) is 42.7 Å². The zero-order valence-electron chi connectivity index (χ0n) is 10.9. The zero-order valence-corrected chi connectivity index (χ0v) is 11.7. The number of hydrogen-bond acceptors (Lipinski definition) is 3. The van der Waals surface area contributed by atoms with Crippen molar-refractivity contribution in [3.8, 4) is 0 Å². The summed E-state index contributed by atoms with van der Waals surface area (Å²) >= 11 is 5.69. The predicted octanol–water partition coefficient (Wildman–Crippen LogP) is 2.79. The third-order valence-corrected chi connectivity index (χ3v) is 4.59. The number of nitrogens with zero attached hydrogens (tertiary/aromatic N) is 1. The predicted molar refractivity (Wildman–Crippen MR) is 71.7 cm³/mol. The van der Waals surface area contributed by atoms with Gasteiger partial charge in [0.15, 0.2) is 11.0 Å². The fourth-order valence-corrected chi connectivity index (χ4v) is 3.68. The molecule has 1 aromatic heterocycles. The minimum absolute atomic E-state index is 0.0150. The molecule has 1 aliphatic heterocycles. The van der Waals surface area contributed by atoms with E-state index in [4.69, 9.17) is 16.0 Å². The van der Waals surface area contributed by atoms with Gasteiger partial charge in [-0.1, -0.05) is 12.8 Å². The standard InChI is InChI=1S/C14H16ClNO4/c15-12-6-5-11(20-12)13(17)16-9-4-2-1-3-8(9)7-10(16)14(18)19/h5-6,8-10H,1-4,7H2,(H,18,19)/t8-,9-,10+/m1/s1. The van der Waals surface area contributed by atoms with Crippen molar-refractivity contribution >= 4 is 23.5 Å². The molecule has 2 heterocycles. The average Bonchev–Trinajstić information content (AvgIpc) is 3.01. The molecular formula is C14H16ClNO4. The summed E-state index contributed by atoms with van der Waals surface area (Å²) in [6, 6.07) is 2.26. The van der Waals surface area contributed by atoms with Gasteiger partial charge < -0.3 is 14.4 Å². The molecule has 6 heteroatoms. The van der Waals surface area contributed by atoms with Gasteiger partial charge in [-0.15, -0.1) is 0 Å².